The van der Waals surface area contributed by atoms with Gasteiger partial charge in [-0.1, -0.05) is 43.3 Å². The molecule has 1 saturated heterocycles. The number of fused-ring (bicyclic) bond motifs is 1. The van der Waals surface area contributed by atoms with Crippen LogP contribution in [0.1, 0.15) is 18.9 Å². The maximum atomic E-state index is 15.6. The maximum Gasteiger partial charge on any atom is 0.193 e. The van der Waals surface area contributed by atoms with Gasteiger partial charge in [0.2, 0.25) is 0 Å². The summed E-state index contributed by atoms with van der Waals surface area (Å²) in [5, 5.41) is 13.5. The molecule has 0 aliphatic carbocycles. The topological polar surface area (TPSA) is 81.8 Å². The Morgan fingerprint density at radius 1 is 1.05 bits per heavy atom. The number of aliphatic hydroxyl groups is 1. The van der Waals surface area contributed by atoms with Crippen molar-refractivity contribution in [3.63, 3.8) is 0 Å². The standard InChI is InChI=1S/C29H26F2N4O3/c1-17-10-23(14-37-25(17)13-36)38-26-12-21-11-24(30)27(28(31)29(21)34-26)20-4-2-18(3-5-20)19-6-8-22(9-7-19)35-16-32-15-33-35/h2-9,11,15-17,23,25,36H,10,12-14H2,1H3/t17-,23+,25+/m0/s1. The summed E-state index contributed by atoms with van der Waals surface area (Å²) in [4.78, 5) is 8.32. The number of hydrogen-bond donors (Lipinski definition) is 1. The lowest BCUT2D eigenvalue weighted by atomic mass is 9.95. The molecule has 6 rings (SSSR count). The summed E-state index contributed by atoms with van der Waals surface area (Å²) in [6.07, 6.45) is 3.56. The van der Waals surface area contributed by atoms with Crippen LogP contribution in [0.2, 0.25) is 0 Å². The Hall–Kier alpha value is -3.95. The van der Waals surface area contributed by atoms with E-state index in [0.717, 1.165) is 16.8 Å². The van der Waals surface area contributed by atoms with Gasteiger partial charge in [0.25, 0.3) is 0 Å². The summed E-state index contributed by atoms with van der Waals surface area (Å²) in [7, 11) is 0. The van der Waals surface area contributed by atoms with Crippen molar-refractivity contribution in [3.05, 3.63) is 84.4 Å². The Balaban J connectivity index is 1.21. The molecule has 38 heavy (non-hydrogen) atoms. The van der Waals surface area contributed by atoms with E-state index in [1.807, 2.05) is 43.3 Å². The van der Waals surface area contributed by atoms with Gasteiger partial charge in [0, 0.05) is 0 Å². The molecule has 0 saturated carbocycles. The minimum atomic E-state index is -0.697. The maximum absolute atomic E-state index is 15.6. The van der Waals surface area contributed by atoms with E-state index in [2.05, 4.69) is 15.1 Å². The third kappa shape index (κ3) is 4.59. The second kappa shape index (κ2) is 10.1. The van der Waals surface area contributed by atoms with E-state index in [9.17, 15) is 5.11 Å². The largest absolute Gasteiger partial charge is 0.475 e. The summed E-state index contributed by atoms with van der Waals surface area (Å²) >= 11 is 0. The van der Waals surface area contributed by atoms with E-state index < -0.39 is 11.6 Å². The first-order valence-corrected chi connectivity index (χ1v) is 12.5. The van der Waals surface area contributed by atoms with Crippen LogP contribution in [0.15, 0.2) is 72.2 Å². The van der Waals surface area contributed by atoms with Crippen LogP contribution in [0.3, 0.4) is 0 Å². The van der Waals surface area contributed by atoms with Crippen LogP contribution in [-0.2, 0) is 15.9 Å². The molecule has 0 radical (unpaired) electrons. The van der Waals surface area contributed by atoms with E-state index in [1.54, 1.807) is 23.1 Å². The first kappa shape index (κ1) is 24.4. The highest BCUT2D eigenvalue weighted by Crippen LogP contribution is 2.39. The summed E-state index contributed by atoms with van der Waals surface area (Å²) in [6, 6.07) is 16.2. The first-order valence-electron chi connectivity index (χ1n) is 12.5. The molecular weight excluding hydrogens is 490 g/mol. The molecule has 7 nitrogen and oxygen atoms in total. The van der Waals surface area contributed by atoms with Crippen molar-refractivity contribution in [2.75, 3.05) is 13.2 Å². The molecule has 2 aliphatic heterocycles. The van der Waals surface area contributed by atoms with Crippen LogP contribution >= 0.6 is 0 Å². The van der Waals surface area contributed by atoms with Gasteiger partial charge < -0.3 is 14.6 Å². The molecule has 0 bridgehead atoms. The Labute approximate surface area is 218 Å². The minimum Gasteiger partial charge on any atom is -0.475 e. The number of nitrogens with zero attached hydrogens (tertiary/aromatic N) is 4. The Kier molecular flexibility index (Phi) is 6.47. The Morgan fingerprint density at radius 2 is 1.76 bits per heavy atom. The normalized spacial score (nSPS) is 20.7. The quantitative estimate of drug-likeness (QED) is 0.391. The zero-order valence-electron chi connectivity index (χ0n) is 20.7. The molecule has 0 unspecified atom stereocenters. The zero-order valence-corrected chi connectivity index (χ0v) is 20.7. The number of ether oxygens (including phenoxy) is 2. The Morgan fingerprint density at radius 3 is 2.42 bits per heavy atom. The summed E-state index contributed by atoms with van der Waals surface area (Å²) in [6.45, 7) is 2.27. The number of hydrogen-bond acceptors (Lipinski definition) is 6. The predicted molar refractivity (Wildman–Crippen MR) is 138 cm³/mol. The van der Waals surface area contributed by atoms with E-state index >= 15 is 8.78 Å². The van der Waals surface area contributed by atoms with Crippen LogP contribution in [0, 0.1) is 17.6 Å². The van der Waals surface area contributed by atoms with Crippen LogP contribution in [0.25, 0.3) is 27.9 Å². The van der Waals surface area contributed by atoms with E-state index in [0.29, 0.717) is 30.1 Å². The zero-order chi connectivity index (χ0) is 26.2. The fourth-order valence-electron chi connectivity index (χ4n) is 5.09. The van der Waals surface area contributed by atoms with Gasteiger partial charge in [-0.2, -0.15) is 5.10 Å². The monoisotopic (exact) mass is 516 g/mol. The molecule has 3 atom stereocenters. The number of aromatic nitrogens is 3. The molecule has 4 aromatic rings. The molecule has 3 aromatic carbocycles. The summed E-state index contributed by atoms with van der Waals surface area (Å²) in [5.74, 6) is -0.859. The number of halogens is 2. The van der Waals surface area contributed by atoms with Gasteiger partial charge >= 0.3 is 0 Å². The van der Waals surface area contributed by atoms with Crippen LogP contribution in [-0.4, -0.2) is 51.2 Å². The van der Waals surface area contributed by atoms with Crippen molar-refractivity contribution in [3.8, 4) is 27.9 Å². The molecule has 0 spiro atoms. The highest BCUT2D eigenvalue weighted by molar-refractivity contribution is 5.90. The van der Waals surface area contributed by atoms with Crippen molar-refractivity contribution in [2.45, 2.75) is 32.0 Å². The average molecular weight is 517 g/mol. The van der Waals surface area contributed by atoms with Crippen molar-refractivity contribution in [1.82, 2.24) is 14.8 Å². The fourth-order valence-corrected chi connectivity index (χ4v) is 5.09. The SMILES string of the molecule is C[C@H]1C[C@@H](OC2=Nc3c(cc(F)c(-c4ccc(-c5ccc(-n6cncn6)cc5)cc4)c3F)C2)CO[C@@H]1CO. The minimum absolute atomic E-state index is 0.0369. The second-order valence-corrected chi connectivity index (χ2v) is 9.71. The number of rotatable bonds is 5. The van der Waals surface area contributed by atoms with E-state index in [4.69, 9.17) is 9.47 Å². The second-order valence-electron chi connectivity index (χ2n) is 9.71. The van der Waals surface area contributed by atoms with Gasteiger partial charge in [-0.15, -0.1) is 0 Å². The number of aliphatic imine (C=N–C) groups is 1. The van der Waals surface area contributed by atoms with Crippen LogP contribution < -0.4 is 0 Å². The summed E-state index contributed by atoms with van der Waals surface area (Å²) in [5.41, 5.74) is 3.66. The van der Waals surface area contributed by atoms with Gasteiger partial charge in [0.15, 0.2) is 11.7 Å². The van der Waals surface area contributed by atoms with Gasteiger partial charge in [0.05, 0.1) is 37.0 Å². The third-order valence-electron chi connectivity index (χ3n) is 7.16. The van der Waals surface area contributed by atoms with Crippen molar-refractivity contribution in [2.24, 2.45) is 10.9 Å². The lowest BCUT2D eigenvalue weighted by Gasteiger charge is -2.33. The van der Waals surface area contributed by atoms with E-state index in [1.165, 1.54) is 12.4 Å². The molecule has 1 N–H and O–H groups in total. The van der Waals surface area contributed by atoms with Crippen LogP contribution in [0.4, 0.5) is 14.5 Å². The molecule has 1 aromatic heterocycles. The Bertz CT molecular complexity index is 1470. The van der Waals surface area contributed by atoms with E-state index in [-0.39, 0.29) is 42.4 Å². The van der Waals surface area contributed by atoms with Crippen molar-refractivity contribution < 1.29 is 23.4 Å². The molecule has 0 amide bonds. The fraction of sp³-hybridized carbons (Fsp3) is 0.276. The van der Waals surface area contributed by atoms with Gasteiger partial charge in [-0.3, -0.25) is 0 Å². The lowest BCUT2D eigenvalue weighted by Crippen LogP contribution is -2.40. The predicted octanol–water partition coefficient (Wildman–Crippen LogP) is 5.27. The molecule has 3 heterocycles. The first-order chi connectivity index (χ1) is 18.5. The molecule has 1 fully saturated rings. The smallest absolute Gasteiger partial charge is 0.193 e. The van der Waals surface area contributed by atoms with Gasteiger partial charge in [0.1, 0.15) is 30.3 Å². The van der Waals surface area contributed by atoms with Crippen molar-refractivity contribution >= 4 is 11.6 Å². The van der Waals surface area contributed by atoms with Gasteiger partial charge in [-0.05, 0) is 52.8 Å². The van der Waals surface area contributed by atoms with Gasteiger partial charge in [-0.25, -0.2) is 23.4 Å². The number of benzene rings is 3. The van der Waals surface area contributed by atoms with Crippen LogP contribution in [0.5, 0.6) is 0 Å². The molecule has 9 heteroatoms. The number of aliphatic hydroxyl groups excluding tert-OH is 1. The molecule has 194 valence electrons. The van der Waals surface area contributed by atoms with Crippen molar-refractivity contribution in [1.29, 1.82) is 0 Å². The summed E-state index contributed by atoms with van der Waals surface area (Å²) < 4.78 is 44.0. The molecule has 2 aliphatic rings. The molecular formula is C29H26F2N4O3. The highest BCUT2D eigenvalue weighted by atomic mass is 19.1. The highest BCUT2D eigenvalue weighted by Gasteiger charge is 2.32. The average Bonchev–Trinajstić information content (AvgIpc) is 3.60. The lowest BCUT2D eigenvalue weighted by molar-refractivity contribution is -0.0978. The third-order valence-corrected chi connectivity index (χ3v) is 7.16.